The summed E-state index contributed by atoms with van der Waals surface area (Å²) in [6, 6.07) is 26.9. The zero-order valence-electron chi connectivity index (χ0n) is 14.3. The Labute approximate surface area is 148 Å². The number of hydrazine groups is 2. The number of para-hydroxylation sites is 1. The molecule has 3 aromatic carbocycles. The second kappa shape index (κ2) is 6.32. The largest absolute Gasteiger partial charge is 0.259 e. The zero-order chi connectivity index (χ0) is 17.2. The van der Waals surface area contributed by atoms with Crippen LogP contribution in [0.4, 0.5) is 11.4 Å². The molecule has 0 fully saturated rings. The van der Waals surface area contributed by atoms with Gasteiger partial charge in [0.1, 0.15) is 0 Å². The van der Waals surface area contributed by atoms with Gasteiger partial charge >= 0.3 is 0 Å². The highest BCUT2D eigenvalue weighted by molar-refractivity contribution is 6.02. The van der Waals surface area contributed by atoms with Crippen LogP contribution < -0.4 is 15.7 Å². The second-order valence-electron chi connectivity index (χ2n) is 6.20. The first-order valence-electron chi connectivity index (χ1n) is 8.35. The average molecular weight is 328 g/mol. The maximum atomic E-state index is 4.80. The number of anilines is 2. The third kappa shape index (κ3) is 3.06. The lowest BCUT2D eigenvalue weighted by molar-refractivity contribution is 0.770. The van der Waals surface area contributed by atoms with Gasteiger partial charge < -0.3 is 0 Å². The normalized spacial score (nSPS) is 13.6. The van der Waals surface area contributed by atoms with E-state index in [1.807, 2.05) is 40.6 Å². The van der Waals surface area contributed by atoms with Gasteiger partial charge in [-0.1, -0.05) is 65.7 Å². The Morgan fingerprint density at radius 3 is 1.92 bits per heavy atom. The Bertz CT molecular complexity index is 883. The van der Waals surface area contributed by atoms with Crippen molar-refractivity contribution in [2.45, 2.75) is 13.8 Å². The maximum absolute atomic E-state index is 4.80. The summed E-state index contributed by atoms with van der Waals surface area (Å²) in [5.41, 5.74) is 8.97. The molecule has 1 aliphatic rings. The van der Waals surface area contributed by atoms with Gasteiger partial charge in [-0.25, -0.2) is 0 Å². The highest BCUT2D eigenvalue weighted by Crippen LogP contribution is 2.25. The molecule has 25 heavy (non-hydrogen) atoms. The standard InChI is InChI=1S/C21H20N4/c1-16-8-12-18(13-9-16)21-22-24(19-6-4-3-5-7-19)25(23-21)20-14-10-17(2)11-15-20/h3-15H,1-2H3,(H,22,23). The molecule has 124 valence electrons. The minimum absolute atomic E-state index is 0.824. The molecular formula is C21H20N4. The third-order valence-electron chi connectivity index (χ3n) is 4.19. The van der Waals surface area contributed by atoms with Crippen molar-refractivity contribution in [3.8, 4) is 0 Å². The van der Waals surface area contributed by atoms with Gasteiger partial charge in [0.2, 0.25) is 0 Å². The van der Waals surface area contributed by atoms with Crippen molar-refractivity contribution in [3.05, 3.63) is 95.6 Å². The monoisotopic (exact) mass is 328 g/mol. The fourth-order valence-corrected chi connectivity index (χ4v) is 2.74. The van der Waals surface area contributed by atoms with Crippen LogP contribution in [-0.2, 0) is 0 Å². The van der Waals surface area contributed by atoms with E-state index >= 15 is 0 Å². The van der Waals surface area contributed by atoms with Crippen molar-refractivity contribution in [1.82, 2.24) is 5.43 Å². The van der Waals surface area contributed by atoms with Crippen molar-refractivity contribution in [2.75, 3.05) is 10.2 Å². The van der Waals surface area contributed by atoms with E-state index < -0.39 is 0 Å². The highest BCUT2D eigenvalue weighted by Gasteiger charge is 2.26. The van der Waals surface area contributed by atoms with Crippen LogP contribution in [0.1, 0.15) is 16.7 Å². The number of hydrogen-bond donors (Lipinski definition) is 1. The van der Waals surface area contributed by atoms with Crippen LogP contribution >= 0.6 is 0 Å². The van der Waals surface area contributed by atoms with Crippen molar-refractivity contribution < 1.29 is 0 Å². The fraction of sp³-hybridized carbons (Fsp3) is 0.0952. The van der Waals surface area contributed by atoms with E-state index in [2.05, 4.69) is 67.8 Å². The Hall–Kier alpha value is -3.27. The summed E-state index contributed by atoms with van der Waals surface area (Å²) in [4.78, 5) is 0. The maximum Gasteiger partial charge on any atom is 0.176 e. The molecule has 4 nitrogen and oxygen atoms in total. The predicted molar refractivity (Wildman–Crippen MR) is 103 cm³/mol. The quantitative estimate of drug-likeness (QED) is 0.772. The van der Waals surface area contributed by atoms with E-state index in [-0.39, 0.29) is 0 Å². The summed E-state index contributed by atoms with van der Waals surface area (Å²) >= 11 is 0. The van der Waals surface area contributed by atoms with Gasteiger partial charge in [-0.15, -0.1) is 5.10 Å². The molecule has 0 bridgehead atoms. The van der Waals surface area contributed by atoms with Gasteiger partial charge in [-0.05, 0) is 38.1 Å². The number of amidine groups is 1. The van der Waals surface area contributed by atoms with Crippen LogP contribution in [0.15, 0.2) is 84.0 Å². The van der Waals surface area contributed by atoms with Gasteiger partial charge in [0.25, 0.3) is 0 Å². The Morgan fingerprint density at radius 1 is 0.680 bits per heavy atom. The van der Waals surface area contributed by atoms with Gasteiger partial charge in [0.15, 0.2) is 5.84 Å². The second-order valence-corrected chi connectivity index (χ2v) is 6.20. The van der Waals surface area contributed by atoms with E-state index in [4.69, 9.17) is 5.10 Å². The number of aryl methyl sites for hydroxylation is 2. The molecule has 0 radical (unpaired) electrons. The Kier molecular flexibility index (Phi) is 3.86. The summed E-state index contributed by atoms with van der Waals surface area (Å²) in [6.45, 7) is 4.17. The topological polar surface area (TPSA) is 30.9 Å². The molecule has 4 heteroatoms. The number of rotatable bonds is 3. The molecule has 0 aromatic heterocycles. The number of hydrogen-bond acceptors (Lipinski definition) is 4. The molecule has 4 rings (SSSR count). The molecule has 0 aliphatic carbocycles. The summed E-state index contributed by atoms with van der Waals surface area (Å²) < 4.78 is 0. The molecule has 0 spiro atoms. The third-order valence-corrected chi connectivity index (χ3v) is 4.19. The van der Waals surface area contributed by atoms with E-state index in [1.165, 1.54) is 11.1 Å². The van der Waals surface area contributed by atoms with Crippen LogP contribution in [-0.4, -0.2) is 5.84 Å². The molecule has 0 saturated heterocycles. The molecule has 1 heterocycles. The van der Waals surface area contributed by atoms with Crippen molar-refractivity contribution in [2.24, 2.45) is 5.10 Å². The number of nitrogens with zero attached hydrogens (tertiary/aromatic N) is 3. The van der Waals surface area contributed by atoms with E-state index in [9.17, 15) is 0 Å². The summed E-state index contributed by atoms with van der Waals surface area (Å²) in [6.07, 6.45) is 0. The van der Waals surface area contributed by atoms with Crippen LogP contribution in [0.5, 0.6) is 0 Å². The lowest BCUT2D eigenvalue weighted by atomic mass is 10.1. The molecule has 0 atom stereocenters. The fourth-order valence-electron chi connectivity index (χ4n) is 2.74. The summed E-state index contributed by atoms with van der Waals surface area (Å²) in [7, 11) is 0. The first-order valence-corrected chi connectivity index (χ1v) is 8.35. The van der Waals surface area contributed by atoms with E-state index in [0.717, 1.165) is 22.8 Å². The first kappa shape index (κ1) is 15.3. The first-order chi connectivity index (χ1) is 12.2. The van der Waals surface area contributed by atoms with E-state index in [0.29, 0.717) is 0 Å². The number of nitrogens with one attached hydrogen (secondary N) is 1. The predicted octanol–water partition coefficient (Wildman–Crippen LogP) is 4.41. The molecule has 0 unspecified atom stereocenters. The lowest BCUT2D eigenvalue weighted by Gasteiger charge is -2.28. The van der Waals surface area contributed by atoms with Crippen molar-refractivity contribution in [3.63, 3.8) is 0 Å². The summed E-state index contributed by atoms with van der Waals surface area (Å²) in [5.74, 6) is 0.824. The average Bonchev–Trinajstić information content (AvgIpc) is 3.09. The summed E-state index contributed by atoms with van der Waals surface area (Å²) in [5, 5.41) is 8.65. The lowest BCUT2D eigenvalue weighted by Crippen LogP contribution is -2.44. The van der Waals surface area contributed by atoms with Crippen LogP contribution in [0.3, 0.4) is 0 Å². The van der Waals surface area contributed by atoms with Crippen molar-refractivity contribution >= 4 is 17.2 Å². The van der Waals surface area contributed by atoms with Gasteiger partial charge in [0.05, 0.1) is 11.4 Å². The molecule has 0 saturated carbocycles. The van der Waals surface area contributed by atoms with Crippen LogP contribution in [0.2, 0.25) is 0 Å². The van der Waals surface area contributed by atoms with Crippen molar-refractivity contribution in [1.29, 1.82) is 0 Å². The van der Waals surface area contributed by atoms with Gasteiger partial charge in [-0.2, -0.15) is 10.2 Å². The molecule has 1 aliphatic heterocycles. The minimum Gasteiger partial charge on any atom is -0.259 e. The number of benzene rings is 3. The van der Waals surface area contributed by atoms with Gasteiger partial charge in [-0.3, -0.25) is 5.43 Å². The smallest absolute Gasteiger partial charge is 0.176 e. The van der Waals surface area contributed by atoms with E-state index in [1.54, 1.807) is 0 Å². The van der Waals surface area contributed by atoms with Gasteiger partial charge in [0, 0.05) is 5.56 Å². The SMILES string of the molecule is Cc1ccc(C2=NN(c3ccccc3)N(c3ccc(C)cc3)N2)cc1. The highest BCUT2D eigenvalue weighted by atomic mass is 15.9. The molecule has 1 N–H and O–H groups in total. The van der Waals surface area contributed by atoms with Crippen LogP contribution in [0.25, 0.3) is 0 Å². The van der Waals surface area contributed by atoms with Crippen LogP contribution in [0, 0.1) is 13.8 Å². The minimum atomic E-state index is 0.824. The molecular weight excluding hydrogens is 308 g/mol. The Morgan fingerprint density at radius 2 is 1.28 bits per heavy atom. The molecule has 3 aromatic rings. The Balaban J connectivity index is 1.73. The number of hydrazone groups is 1. The molecule has 0 amide bonds. The zero-order valence-corrected chi connectivity index (χ0v) is 14.3.